The van der Waals surface area contributed by atoms with E-state index in [9.17, 15) is 4.21 Å². The molecule has 1 aromatic carbocycles. The van der Waals surface area contributed by atoms with Crippen LogP contribution in [-0.2, 0) is 33.6 Å². The van der Waals surface area contributed by atoms with Crippen LogP contribution in [0.15, 0.2) is 28.8 Å². The summed E-state index contributed by atoms with van der Waals surface area (Å²) >= 11 is 6.01. The fourth-order valence-electron chi connectivity index (χ4n) is 1.51. The van der Waals surface area contributed by atoms with Crippen LogP contribution < -0.4 is 0 Å². The predicted octanol–water partition coefficient (Wildman–Crippen LogP) is 2.32. The first-order chi connectivity index (χ1) is 9.19. The number of ether oxygens (including phenoxy) is 1. The summed E-state index contributed by atoms with van der Waals surface area (Å²) in [5.41, 5.74) is 0.846. The second-order valence-electron chi connectivity index (χ2n) is 3.86. The average Bonchev–Trinajstić information content (AvgIpc) is 2.80. The van der Waals surface area contributed by atoms with E-state index in [2.05, 4.69) is 10.1 Å². The van der Waals surface area contributed by atoms with Crippen molar-refractivity contribution in [2.24, 2.45) is 0 Å². The Bertz CT molecular complexity index is 574. The molecule has 0 spiro atoms. The van der Waals surface area contributed by atoms with E-state index < -0.39 is 10.8 Å². The van der Waals surface area contributed by atoms with Crippen LogP contribution in [0, 0.1) is 0 Å². The van der Waals surface area contributed by atoms with Crippen molar-refractivity contribution in [2.45, 2.75) is 18.1 Å². The van der Waals surface area contributed by atoms with Crippen molar-refractivity contribution in [3.63, 3.8) is 0 Å². The van der Waals surface area contributed by atoms with Crippen LogP contribution in [0.4, 0.5) is 0 Å². The molecule has 1 heterocycles. The van der Waals surface area contributed by atoms with Crippen LogP contribution in [0.5, 0.6) is 0 Å². The van der Waals surface area contributed by atoms with Crippen LogP contribution in [-0.4, -0.2) is 21.5 Å². The van der Waals surface area contributed by atoms with E-state index in [-0.39, 0.29) is 12.4 Å². The number of benzene rings is 1. The van der Waals surface area contributed by atoms with Gasteiger partial charge in [0.05, 0.1) is 5.75 Å². The van der Waals surface area contributed by atoms with Crippen molar-refractivity contribution in [2.75, 3.05) is 7.11 Å². The topological polar surface area (TPSA) is 65.2 Å². The molecule has 0 N–H and O–H groups in total. The third-order valence-electron chi connectivity index (χ3n) is 2.34. The third kappa shape index (κ3) is 4.12. The molecule has 0 radical (unpaired) electrons. The zero-order valence-corrected chi connectivity index (χ0v) is 11.9. The fraction of sp³-hybridized carbons (Fsp3) is 0.333. The minimum Gasteiger partial charge on any atom is -0.377 e. The minimum atomic E-state index is -1.14. The quantitative estimate of drug-likeness (QED) is 0.819. The van der Waals surface area contributed by atoms with Gasteiger partial charge in [0.2, 0.25) is 5.89 Å². The van der Waals surface area contributed by atoms with Crippen LogP contribution in [0.2, 0.25) is 5.02 Å². The second kappa shape index (κ2) is 6.79. The number of rotatable bonds is 6. The molecular weight excluding hydrogens is 288 g/mol. The molecule has 0 aliphatic rings. The van der Waals surface area contributed by atoms with Gasteiger partial charge in [-0.05, 0) is 11.6 Å². The van der Waals surface area contributed by atoms with Gasteiger partial charge >= 0.3 is 0 Å². The molecule has 5 nitrogen and oxygen atoms in total. The first kappa shape index (κ1) is 14.2. The van der Waals surface area contributed by atoms with E-state index in [0.717, 1.165) is 5.56 Å². The maximum Gasteiger partial charge on any atom is 0.239 e. The monoisotopic (exact) mass is 300 g/mol. The zero-order chi connectivity index (χ0) is 13.7. The molecule has 2 rings (SSSR count). The molecule has 19 heavy (non-hydrogen) atoms. The molecule has 0 saturated carbocycles. The van der Waals surface area contributed by atoms with Crippen LogP contribution >= 0.6 is 11.6 Å². The summed E-state index contributed by atoms with van der Waals surface area (Å²) in [5.74, 6) is 1.37. The Hall–Kier alpha value is -1.24. The van der Waals surface area contributed by atoms with Gasteiger partial charge in [0.25, 0.3) is 0 Å². The van der Waals surface area contributed by atoms with Crippen molar-refractivity contribution < 1.29 is 13.5 Å². The van der Waals surface area contributed by atoms with Gasteiger partial charge in [0, 0.05) is 22.9 Å². The van der Waals surface area contributed by atoms with Gasteiger partial charge in [-0.25, -0.2) is 0 Å². The zero-order valence-electron chi connectivity index (χ0n) is 10.3. The highest BCUT2D eigenvalue weighted by Crippen LogP contribution is 2.17. The largest absolute Gasteiger partial charge is 0.377 e. The first-order valence-corrected chi connectivity index (χ1v) is 7.44. The standard InChI is InChI=1S/C12H13ClN2O3S/c1-17-6-11-14-12(18-15-11)8-19(16)7-9-4-2-3-5-10(9)13/h2-5H,6-8H2,1H3. The number of hydrogen-bond donors (Lipinski definition) is 0. The summed E-state index contributed by atoms with van der Waals surface area (Å²) in [6.45, 7) is 0.278. The third-order valence-corrected chi connectivity index (χ3v) is 3.91. The molecule has 0 aliphatic carbocycles. The smallest absolute Gasteiger partial charge is 0.239 e. The Balaban J connectivity index is 1.95. The number of nitrogens with zero attached hydrogens (tertiary/aromatic N) is 2. The Morgan fingerprint density at radius 1 is 1.37 bits per heavy atom. The Labute approximate surface area is 118 Å². The summed E-state index contributed by atoms with van der Waals surface area (Å²) in [6, 6.07) is 7.33. The van der Waals surface area contributed by atoms with Gasteiger partial charge < -0.3 is 9.26 Å². The van der Waals surface area contributed by atoms with Gasteiger partial charge in [-0.1, -0.05) is 35.0 Å². The Kier molecular flexibility index (Phi) is 5.07. The highest BCUT2D eigenvalue weighted by Gasteiger charge is 2.11. The van der Waals surface area contributed by atoms with Crippen molar-refractivity contribution >= 4 is 22.4 Å². The lowest BCUT2D eigenvalue weighted by Gasteiger charge is -2.02. The molecule has 0 saturated heterocycles. The number of aromatic nitrogens is 2. The van der Waals surface area contributed by atoms with Crippen LogP contribution in [0.1, 0.15) is 17.3 Å². The second-order valence-corrected chi connectivity index (χ2v) is 5.72. The van der Waals surface area contributed by atoms with Gasteiger partial charge in [-0.2, -0.15) is 4.98 Å². The summed E-state index contributed by atoms with van der Waals surface area (Å²) in [5, 5.41) is 4.32. The Morgan fingerprint density at radius 2 is 2.16 bits per heavy atom. The van der Waals surface area contributed by atoms with Crippen LogP contribution in [0.3, 0.4) is 0 Å². The van der Waals surface area contributed by atoms with Crippen molar-refractivity contribution in [3.05, 3.63) is 46.6 Å². The van der Waals surface area contributed by atoms with Gasteiger partial charge in [0.1, 0.15) is 12.4 Å². The summed E-state index contributed by atoms with van der Waals surface area (Å²) in [4.78, 5) is 4.08. The SMILES string of the molecule is COCc1noc(CS(=O)Cc2ccccc2Cl)n1. The number of methoxy groups -OCH3 is 1. The highest BCUT2D eigenvalue weighted by atomic mass is 35.5. The van der Waals surface area contributed by atoms with Gasteiger partial charge in [-0.15, -0.1) is 0 Å². The lowest BCUT2D eigenvalue weighted by Crippen LogP contribution is -2.00. The van der Waals surface area contributed by atoms with E-state index in [4.69, 9.17) is 20.9 Å². The maximum atomic E-state index is 12.0. The van der Waals surface area contributed by atoms with Gasteiger partial charge in [0.15, 0.2) is 5.82 Å². The van der Waals surface area contributed by atoms with Gasteiger partial charge in [-0.3, -0.25) is 4.21 Å². The highest BCUT2D eigenvalue weighted by molar-refractivity contribution is 7.83. The molecule has 7 heteroatoms. The van der Waals surface area contributed by atoms with Crippen molar-refractivity contribution in [1.29, 1.82) is 0 Å². The summed E-state index contributed by atoms with van der Waals surface area (Å²) < 4.78 is 21.9. The molecule has 0 aliphatic heterocycles. The Morgan fingerprint density at radius 3 is 2.89 bits per heavy atom. The molecule has 2 aromatic rings. The maximum absolute atomic E-state index is 12.0. The molecule has 0 amide bonds. The van der Waals surface area contributed by atoms with E-state index >= 15 is 0 Å². The molecule has 1 aromatic heterocycles. The van der Waals surface area contributed by atoms with E-state index in [0.29, 0.717) is 22.5 Å². The minimum absolute atomic E-state index is 0.210. The lowest BCUT2D eigenvalue weighted by atomic mass is 10.2. The number of hydrogen-bond acceptors (Lipinski definition) is 5. The van der Waals surface area contributed by atoms with E-state index in [1.807, 2.05) is 18.2 Å². The summed E-state index contributed by atoms with van der Waals surface area (Å²) in [7, 11) is 0.403. The normalized spacial score (nSPS) is 12.5. The van der Waals surface area contributed by atoms with Crippen molar-refractivity contribution in [1.82, 2.24) is 10.1 Å². The molecule has 102 valence electrons. The van der Waals surface area contributed by atoms with E-state index in [1.165, 1.54) is 0 Å². The van der Waals surface area contributed by atoms with Crippen LogP contribution in [0.25, 0.3) is 0 Å². The summed E-state index contributed by atoms with van der Waals surface area (Å²) in [6.07, 6.45) is 0. The average molecular weight is 301 g/mol. The lowest BCUT2D eigenvalue weighted by molar-refractivity contribution is 0.174. The van der Waals surface area contributed by atoms with E-state index in [1.54, 1.807) is 13.2 Å². The first-order valence-electron chi connectivity index (χ1n) is 5.58. The predicted molar refractivity (Wildman–Crippen MR) is 72.0 cm³/mol. The molecule has 0 bridgehead atoms. The van der Waals surface area contributed by atoms with Crippen molar-refractivity contribution in [3.8, 4) is 0 Å². The molecular formula is C12H13ClN2O3S. The number of halogens is 1. The molecule has 1 unspecified atom stereocenters. The fourth-order valence-corrected chi connectivity index (χ4v) is 2.89. The molecule has 1 atom stereocenters. The molecule has 0 fully saturated rings.